The molecule has 2 saturated heterocycles. The molecule has 2 heterocycles. The third-order valence-electron chi connectivity index (χ3n) is 8.85. The van der Waals surface area contributed by atoms with Gasteiger partial charge < -0.3 is 29.5 Å². The Hall–Kier alpha value is -3.18. The zero-order valence-electron chi connectivity index (χ0n) is 27.3. The molecule has 3 N–H and O–H groups in total. The molecule has 10 heteroatoms. The number of hydrogen-bond donors (Lipinski definition) is 3. The van der Waals surface area contributed by atoms with Gasteiger partial charge in [-0.2, -0.15) is 0 Å². The van der Waals surface area contributed by atoms with E-state index in [0.717, 1.165) is 18.4 Å². The Morgan fingerprint density at radius 2 is 1.80 bits per heavy atom. The van der Waals surface area contributed by atoms with Crippen LogP contribution in [0.1, 0.15) is 79.2 Å². The minimum absolute atomic E-state index is 0.0730. The van der Waals surface area contributed by atoms with E-state index >= 15 is 0 Å². The molecule has 2 aliphatic rings. The SMILES string of the molecule is C=C(CCC12OC(C)C(O)(C=O)C(C=O)(C[C@H]1O)O2)[C@@H](OC(C)=O)[C@H](C)Cc1ccccc1.CC[C@H](C)C[C@H](C)/C=C/C(=O)O. The summed E-state index contributed by atoms with van der Waals surface area (Å²) in [6, 6.07) is 9.81. The summed E-state index contributed by atoms with van der Waals surface area (Å²) in [5.74, 6) is -1.91. The highest BCUT2D eigenvalue weighted by molar-refractivity contribution is 5.80. The van der Waals surface area contributed by atoms with Crippen LogP contribution in [0.3, 0.4) is 0 Å². The van der Waals surface area contributed by atoms with Crippen molar-refractivity contribution in [3.8, 4) is 0 Å². The Bertz CT molecular complexity index is 1200. The van der Waals surface area contributed by atoms with Gasteiger partial charge in [0.1, 0.15) is 12.2 Å². The third kappa shape index (κ3) is 9.42. The normalized spacial score (nSPS) is 29.9. The Morgan fingerprint density at radius 1 is 1.16 bits per heavy atom. The van der Waals surface area contributed by atoms with Crippen LogP contribution in [0, 0.1) is 17.8 Å². The lowest BCUT2D eigenvalue weighted by Crippen LogP contribution is -2.68. The Kier molecular flexibility index (Phi) is 13.9. The number of aliphatic hydroxyl groups is 2. The first-order chi connectivity index (χ1) is 21.1. The molecule has 45 heavy (non-hydrogen) atoms. The highest BCUT2D eigenvalue weighted by atomic mass is 16.8. The molecule has 1 aromatic rings. The van der Waals surface area contributed by atoms with Crippen LogP contribution >= 0.6 is 0 Å². The molecule has 0 spiro atoms. The molecule has 4 unspecified atom stereocenters. The summed E-state index contributed by atoms with van der Waals surface area (Å²) in [6.45, 7) is 15.3. The molecule has 0 radical (unpaired) electrons. The smallest absolute Gasteiger partial charge is 0.327 e. The van der Waals surface area contributed by atoms with Gasteiger partial charge in [0.15, 0.2) is 29.6 Å². The van der Waals surface area contributed by atoms with Crippen LogP contribution < -0.4 is 0 Å². The van der Waals surface area contributed by atoms with Crippen molar-refractivity contribution in [1.29, 1.82) is 0 Å². The van der Waals surface area contributed by atoms with E-state index in [1.165, 1.54) is 19.9 Å². The largest absolute Gasteiger partial charge is 0.478 e. The zero-order chi connectivity index (χ0) is 34.0. The molecule has 0 saturated carbocycles. The Morgan fingerprint density at radius 3 is 2.33 bits per heavy atom. The molecular formula is C35H50O10. The highest BCUT2D eigenvalue weighted by Crippen LogP contribution is 2.52. The highest BCUT2D eigenvalue weighted by Gasteiger charge is 2.72. The molecule has 2 aliphatic heterocycles. The maximum atomic E-state index is 11.9. The van der Waals surface area contributed by atoms with Crippen LogP contribution in [0.15, 0.2) is 54.6 Å². The second-order valence-corrected chi connectivity index (χ2v) is 12.6. The number of aldehydes is 2. The molecule has 0 aliphatic carbocycles. The van der Waals surface area contributed by atoms with Crippen LogP contribution in [0.25, 0.3) is 0 Å². The van der Waals surface area contributed by atoms with Crippen LogP contribution in [-0.4, -0.2) is 75.1 Å². The van der Waals surface area contributed by atoms with Crippen LogP contribution in [-0.2, 0) is 39.8 Å². The summed E-state index contributed by atoms with van der Waals surface area (Å²) < 4.78 is 17.2. The number of carbonyl (C=O) groups excluding carboxylic acids is 3. The second kappa shape index (κ2) is 16.4. The number of carboxylic acid groups (broad SMARTS) is 1. The van der Waals surface area contributed by atoms with Gasteiger partial charge >= 0.3 is 11.9 Å². The number of benzene rings is 1. The minimum atomic E-state index is -2.21. The number of aliphatic hydroxyl groups excluding tert-OH is 1. The van der Waals surface area contributed by atoms with Crippen molar-refractivity contribution >= 4 is 24.5 Å². The van der Waals surface area contributed by atoms with Crippen LogP contribution in [0.5, 0.6) is 0 Å². The lowest BCUT2D eigenvalue weighted by Gasteiger charge is -2.49. The van der Waals surface area contributed by atoms with Gasteiger partial charge in [-0.15, -0.1) is 0 Å². The zero-order valence-corrected chi connectivity index (χ0v) is 27.3. The van der Waals surface area contributed by atoms with Crippen molar-refractivity contribution in [2.24, 2.45) is 17.8 Å². The van der Waals surface area contributed by atoms with Gasteiger partial charge in [0, 0.05) is 31.8 Å². The number of fused-ring (bicyclic) bond motifs is 2. The summed E-state index contributed by atoms with van der Waals surface area (Å²) in [5.41, 5.74) is -2.41. The van der Waals surface area contributed by atoms with Crippen molar-refractivity contribution < 1.29 is 48.7 Å². The van der Waals surface area contributed by atoms with E-state index in [-0.39, 0.29) is 31.5 Å². The molecule has 2 bridgehead atoms. The van der Waals surface area contributed by atoms with E-state index < -0.39 is 47.2 Å². The Balaban J connectivity index is 0.000000498. The Labute approximate surface area is 266 Å². The van der Waals surface area contributed by atoms with Gasteiger partial charge in [-0.05, 0) is 49.2 Å². The summed E-state index contributed by atoms with van der Waals surface area (Å²) in [6.07, 6.45) is 3.64. The van der Waals surface area contributed by atoms with Crippen molar-refractivity contribution in [2.45, 2.75) is 115 Å². The fourth-order valence-electron chi connectivity index (χ4n) is 6.06. The predicted molar refractivity (Wildman–Crippen MR) is 168 cm³/mol. The number of hydrogen-bond acceptors (Lipinski definition) is 9. The van der Waals surface area contributed by atoms with E-state index in [4.69, 9.17) is 19.3 Å². The summed E-state index contributed by atoms with van der Waals surface area (Å²) in [4.78, 5) is 45.5. The first-order valence-corrected chi connectivity index (χ1v) is 15.6. The second-order valence-electron chi connectivity index (χ2n) is 12.6. The lowest BCUT2D eigenvalue weighted by molar-refractivity contribution is -0.364. The molecule has 250 valence electrons. The van der Waals surface area contributed by atoms with Crippen LogP contribution in [0.2, 0.25) is 0 Å². The molecule has 2 fully saturated rings. The van der Waals surface area contributed by atoms with Crippen molar-refractivity contribution in [2.75, 3.05) is 0 Å². The maximum absolute atomic E-state index is 11.9. The standard InChI is InChI=1S/C25H32O8.C10H18O2/c1-16(22(31-19(4)28)17(2)12-20-8-6-5-7-9-20)10-11-25-21(29)13-23(14-26,33-25)24(30,15-27)18(3)32-25;1-4-8(2)7-9(3)5-6-10(11)12/h5-9,14-15,17-18,21-22,29-30H,1,10-13H2,2-4H3;5-6,8-9H,4,7H2,1-3H3,(H,11,12)/b;6-5+/t17-,18?,21-,22-,23?,24?,25?;8-,9+/m10/s1. The van der Waals surface area contributed by atoms with Crippen LogP contribution in [0.4, 0.5) is 0 Å². The van der Waals surface area contributed by atoms with E-state index in [0.29, 0.717) is 30.1 Å². The minimum Gasteiger partial charge on any atom is -0.478 e. The number of aliphatic carboxylic acids is 1. The lowest BCUT2D eigenvalue weighted by atomic mass is 9.79. The van der Waals surface area contributed by atoms with Gasteiger partial charge in [0.2, 0.25) is 0 Å². The average molecular weight is 631 g/mol. The molecular weight excluding hydrogens is 580 g/mol. The van der Waals surface area contributed by atoms with E-state index in [2.05, 4.69) is 20.4 Å². The van der Waals surface area contributed by atoms with Gasteiger partial charge in [-0.25, -0.2) is 4.79 Å². The van der Waals surface area contributed by atoms with Gasteiger partial charge in [-0.1, -0.05) is 77.1 Å². The number of ether oxygens (including phenoxy) is 3. The average Bonchev–Trinajstić information content (AvgIpc) is 3.26. The summed E-state index contributed by atoms with van der Waals surface area (Å²) in [5, 5.41) is 29.9. The number of rotatable bonds is 15. The molecule has 10 nitrogen and oxygen atoms in total. The van der Waals surface area contributed by atoms with E-state index in [9.17, 15) is 29.4 Å². The molecule has 0 amide bonds. The number of allylic oxidation sites excluding steroid dienone is 1. The molecule has 3 rings (SSSR count). The van der Waals surface area contributed by atoms with Crippen molar-refractivity contribution in [3.05, 3.63) is 60.2 Å². The van der Waals surface area contributed by atoms with Crippen molar-refractivity contribution in [1.82, 2.24) is 0 Å². The van der Waals surface area contributed by atoms with E-state index in [1.54, 1.807) is 6.08 Å². The topological polar surface area (TPSA) is 157 Å². The van der Waals surface area contributed by atoms with Gasteiger partial charge in [0.25, 0.3) is 0 Å². The number of carboxylic acids is 1. The van der Waals surface area contributed by atoms with Crippen molar-refractivity contribution in [3.63, 3.8) is 0 Å². The first kappa shape index (κ1) is 38.0. The first-order valence-electron chi connectivity index (χ1n) is 15.6. The van der Waals surface area contributed by atoms with E-state index in [1.807, 2.05) is 44.2 Å². The van der Waals surface area contributed by atoms with Gasteiger partial charge in [-0.3, -0.25) is 14.4 Å². The predicted octanol–water partition coefficient (Wildman–Crippen LogP) is 4.60. The fourth-order valence-corrected chi connectivity index (χ4v) is 6.06. The molecule has 0 aromatic heterocycles. The molecule has 9 atom stereocenters. The summed E-state index contributed by atoms with van der Waals surface area (Å²) in [7, 11) is 0. The molecule has 1 aromatic carbocycles. The monoisotopic (exact) mass is 630 g/mol. The summed E-state index contributed by atoms with van der Waals surface area (Å²) >= 11 is 0. The maximum Gasteiger partial charge on any atom is 0.327 e. The number of esters is 1. The van der Waals surface area contributed by atoms with Gasteiger partial charge in [0.05, 0.1) is 6.10 Å². The third-order valence-corrected chi connectivity index (χ3v) is 8.85. The number of carbonyl (C=O) groups is 4. The fraction of sp³-hybridized carbons (Fsp3) is 0.600. The quantitative estimate of drug-likeness (QED) is 0.108.